The fourth-order valence-electron chi connectivity index (χ4n) is 3.17. The summed E-state index contributed by atoms with van der Waals surface area (Å²) in [4.78, 5) is 18.3. The summed E-state index contributed by atoms with van der Waals surface area (Å²) in [5.41, 5.74) is 0. The standard InChI is InChI=1S/C14H14ClN3OS2/c15-12-6-20-14(18-12)11-4-3-10(21-11)13(19)17-9-5-7-1-2-8(9)16-7/h3-4,6-9,16H,1-2,5H2,(H,17,19)/t7-,8+,9-/m1/s1. The van der Waals surface area contributed by atoms with Crippen molar-refractivity contribution in [3.63, 3.8) is 0 Å². The van der Waals surface area contributed by atoms with Crippen LogP contribution in [0.5, 0.6) is 0 Å². The molecule has 0 aromatic carbocycles. The first-order valence-electron chi connectivity index (χ1n) is 6.97. The zero-order valence-corrected chi connectivity index (χ0v) is 13.5. The van der Waals surface area contributed by atoms with Gasteiger partial charge in [0.05, 0.1) is 9.75 Å². The number of carbonyl (C=O) groups excluding carboxylic acids is 1. The first kappa shape index (κ1) is 13.7. The minimum atomic E-state index is 0.0215. The van der Waals surface area contributed by atoms with Crippen LogP contribution < -0.4 is 10.6 Å². The van der Waals surface area contributed by atoms with Gasteiger partial charge in [-0.25, -0.2) is 4.98 Å². The summed E-state index contributed by atoms with van der Waals surface area (Å²) in [6.45, 7) is 0. The van der Waals surface area contributed by atoms with Gasteiger partial charge in [-0.2, -0.15) is 0 Å². The SMILES string of the molecule is O=C(N[C@@H]1C[C@H]2CC[C@@H]1N2)c1ccc(-c2nc(Cl)cs2)s1. The molecule has 0 spiro atoms. The summed E-state index contributed by atoms with van der Waals surface area (Å²) in [7, 11) is 0. The van der Waals surface area contributed by atoms with Crippen molar-refractivity contribution in [2.24, 2.45) is 0 Å². The van der Waals surface area contributed by atoms with Gasteiger partial charge in [-0.15, -0.1) is 22.7 Å². The van der Waals surface area contributed by atoms with E-state index < -0.39 is 0 Å². The number of hydrogen-bond donors (Lipinski definition) is 2. The van der Waals surface area contributed by atoms with E-state index in [0.717, 1.165) is 21.2 Å². The monoisotopic (exact) mass is 339 g/mol. The van der Waals surface area contributed by atoms with E-state index in [4.69, 9.17) is 11.6 Å². The third-order valence-corrected chi connectivity index (χ3v) is 6.55. The number of fused-ring (bicyclic) bond motifs is 2. The quantitative estimate of drug-likeness (QED) is 0.903. The van der Waals surface area contributed by atoms with Gasteiger partial charge < -0.3 is 10.6 Å². The van der Waals surface area contributed by atoms with Crippen molar-refractivity contribution < 1.29 is 4.79 Å². The molecule has 2 aliphatic rings. The van der Waals surface area contributed by atoms with Gasteiger partial charge in [0.25, 0.3) is 5.91 Å². The fraction of sp³-hybridized carbons (Fsp3) is 0.429. The highest BCUT2D eigenvalue weighted by Gasteiger charge is 2.39. The highest BCUT2D eigenvalue weighted by atomic mass is 35.5. The van der Waals surface area contributed by atoms with Crippen molar-refractivity contribution in [2.45, 2.75) is 37.4 Å². The van der Waals surface area contributed by atoms with Gasteiger partial charge >= 0.3 is 0 Å². The largest absolute Gasteiger partial charge is 0.347 e. The first-order chi connectivity index (χ1) is 10.2. The number of carbonyl (C=O) groups is 1. The van der Waals surface area contributed by atoms with Gasteiger partial charge in [0.15, 0.2) is 0 Å². The molecule has 2 aromatic rings. The third-order valence-electron chi connectivity index (χ3n) is 4.13. The van der Waals surface area contributed by atoms with E-state index in [0.29, 0.717) is 17.2 Å². The van der Waals surface area contributed by atoms with E-state index >= 15 is 0 Å². The molecule has 4 heterocycles. The second kappa shape index (κ2) is 5.35. The summed E-state index contributed by atoms with van der Waals surface area (Å²) in [6.07, 6.45) is 3.46. The van der Waals surface area contributed by atoms with Crippen LogP contribution in [0.1, 0.15) is 28.9 Å². The van der Waals surface area contributed by atoms with Crippen molar-refractivity contribution in [3.05, 3.63) is 27.5 Å². The molecule has 110 valence electrons. The van der Waals surface area contributed by atoms with Crippen molar-refractivity contribution >= 4 is 40.2 Å². The summed E-state index contributed by atoms with van der Waals surface area (Å²) in [5.74, 6) is 0.0215. The van der Waals surface area contributed by atoms with E-state index in [1.54, 1.807) is 5.38 Å². The molecule has 2 N–H and O–H groups in total. The van der Waals surface area contributed by atoms with E-state index in [1.807, 2.05) is 12.1 Å². The number of nitrogens with zero attached hydrogens (tertiary/aromatic N) is 1. The summed E-state index contributed by atoms with van der Waals surface area (Å²) >= 11 is 8.81. The molecule has 21 heavy (non-hydrogen) atoms. The second-order valence-electron chi connectivity index (χ2n) is 5.50. The number of thiazole rings is 1. The summed E-state index contributed by atoms with van der Waals surface area (Å²) in [6, 6.07) is 5.13. The van der Waals surface area contributed by atoms with Crippen LogP contribution in [0.4, 0.5) is 0 Å². The number of halogens is 1. The second-order valence-corrected chi connectivity index (χ2v) is 7.83. The topological polar surface area (TPSA) is 54.0 Å². The van der Waals surface area contributed by atoms with E-state index in [1.165, 1.54) is 35.5 Å². The lowest BCUT2D eigenvalue weighted by molar-refractivity contribution is 0.0935. The van der Waals surface area contributed by atoms with Crippen LogP contribution in [0.15, 0.2) is 17.5 Å². The molecule has 0 saturated carbocycles. The maximum absolute atomic E-state index is 12.4. The normalized spacial score (nSPS) is 27.2. The maximum Gasteiger partial charge on any atom is 0.261 e. The zero-order chi connectivity index (χ0) is 14.4. The number of nitrogens with one attached hydrogen (secondary N) is 2. The lowest BCUT2D eigenvalue weighted by Gasteiger charge is -2.20. The average Bonchev–Trinajstić information content (AvgIpc) is 3.22. The van der Waals surface area contributed by atoms with E-state index in [9.17, 15) is 4.79 Å². The van der Waals surface area contributed by atoms with Crippen LogP contribution in [0, 0.1) is 0 Å². The summed E-state index contributed by atoms with van der Waals surface area (Å²) in [5, 5.41) is 9.87. The van der Waals surface area contributed by atoms with Crippen LogP contribution >= 0.6 is 34.3 Å². The van der Waals surface area contributed by atoms with E-state index in [-0.39, 0.29) is 11.9 Å². The molecule has 0 unspecified atom stereocenters. The zero-order valence-electron chi connectivity index (χ0n) is 11.1. The molecule has 7 heteroatoms. The first-order valence-corrected chi connectivity index (χ1v) is 9.04. The Morgan fingerprint density at radius 1 is 1.43 bits per heavy atom. The molecule has 2 bridgehead atoms. The minimum absolute atomic E-state index is 0.0215. The van der Waals surface area contributed by atoms with Crippen LogP contribution in [-0.2, 0) is 0 Å². The fourth-order valence-corrected chi connectivity index (χ4v) is 5.09. The van der Waals surface area contributed by atoms with Crippen molar-refractivity contribution in [3.8, 4) is 9.88 Å². The maximum atomic E-state index is 12.4. The predicted molar refractivity (Wildman–Crippen MR) is 86.3 cm³/mol. The third kappa shape index (κ3) is 2.61. The Morgan fingerprint density at radius 3 is 3.00 bits per heavy atom. The highest BCUT2D eigenvalue weighted by Crippen LogP contribution is 2.32. The number of rotatable bonds is 3. The Hall–Kier alpha value is -0.950. The van der Waals surface area contributed by atoms with Gasteiger partial charge in [-0.1, -0.05) is 11.6 Å². The van der Waals surface area contributed by atoms with Crippen LogP contribution in [-0.4, -0.2) is 29.0 Å². The Morgan fingerprint density at radius 2 is 2.33 bits per heavy atom. The molecule has 0 aliphatic carbocycles. The molecule has 0 radical (unpaired) electrons. The van der Waals surface area contributed by atoms with Crippen molar-refractivity contribution in [1.29, 1.82) is 0 Å². The van der Waals surface area contributed by atoms with Gasteiger partial charge in [0.2, 0.25) is 0 Å². The molecule has 3 atom stereocenters. The van der Waals surface area contributed by atoms with Crippen LogP contribution in [0.25, 0.3) is 9.88 Å². The smallest absolute Gasteiger partial charge is 0.261 e. The number of amides is 1. The average molecular weight is 340 g/mol. The Balaban J connectivity index is 1.46. The number of aromatic nitrogens is 1. The number of hydrogen-bond acceptors (Lipinski definition) is 5. The van der Waals surface area contributed by atoms with Gasteiger partial charge in [-0.3, -0.25) is 4.79 Å². The lowest BCUT2D eigenvalue weighted by atomic mass is 9.95. The Labute approximate surface area is 135 Å². The highest BCUT2D eigenvalue weighted by molar-refractivity contribution is 7.22. The molecule has 1 amide bonds. The Bertz CT molecular complexity index is 683. The van der Waals surface area contributed by atoms with E-state index in [2.05, 4.69) is 15.6 Å². The number of thiophene rings is 1. The molecular formula is C14H14ClN3OS2. The van der Waals surface area contributed by atoms with Gasteiger partial charge in [0.1, 0.15) is 10.2 Å². The molecule has 4 nitrogen and oxygen atoms in total. The van der Waals surface area contributed by atoms with Gasteiger partial charge in [-0.05, 0) is 31.4 Å². The lowest BCUT2D eigenvalue weighted by Crippen LogP contribution is -2.42. The molecule has 2 saturated heterocycles. The molecule has 2 fully saturated rings. The minimum Gasteiger partial charge on any atom is -0.347 e. The molecule has 2 aliphatic heterocycles. The molecule has 4 rings (SSSR count). The van der Waals surface area contributed by atoms with Crippen molar-refractivity contribution in [2.75, 3.05) is 0 Å². The summed E-state index contributed by atoms with van der Waals surface area (Å²) < 4.78 is 0. The van der Waals surface area contributed by atoms with Crippen LogP contribution in [0.3, 0.4) is 0 Å². The predicted octanol–water partition coefficient (Wildman–Crippen LogP) is 3.15. The molecule has 2 aromatic heterocycles. The molecular weight excluding hydrogens is 326 g/mol. The van der Waals surface area contributed by atoms with Crippen molar-refractivity contribution in [1.82, 2.24) is 15.6 Å². The van der Waals surface area contributed by atoms with Crippen LogP contribution in [0.2, 0.25) is 5.15 Å². The van der Waals surface area contributed by atoms with Gasteiger partial charge in [0, 0.05) is 23.5 Å². The Kier molecular flexibility index (Phi) is 3.49.